The molecule has 1 aromatic carbocycles. The van der Waals surface area contributed by atoms with Crippen molar-refractivity contribution in [2.75, 3.05) is 11.1 Å². The Labute approximate surface area is 100 Å². The molecular formula is C13H18F2N2. The summed E-state index contributed by atoms with van der Waals surface area (Å²) in [5, 5.41) is 3.14. The van der Waals surface area contributed by atoms with Crippen LogP contribution in [0.3, 0.4) is 0 Å². The molecule has 0 unspecified atom stereocenters. The van der Waals surface area contributed by atoms with Crippen LogP contribution in [-0.2, 0) is 0 Å². The number of hydrogen-bond donors (Lipinski definition) is 2. The summed E-state index contributed by atoms with van der Waals surface area (Å²) in [6.07, 6.45) is 0. The fourth-order valence-electron chi connectivity index (χ4n) is 2.42. The molecule has 0 radical (unpaired) electrons. The van der Waals surface area contributed by atoms with E-state index in [4.69, 9.17) is 5.73 Å². The third-order valence-electron chi connectivity index (χ3n) is 4.41. The molecule has 17 heavy (non-hydrogen) atoms. The first-order valence-electron chi connectivity index (χ1n) is 5.69. The van der Waals surface area contributed by atoms with Gasteiger partial charge in [0.1, 0.15) is 5.82 Å². The lowest BCUT2D eigenvalue weighted by molar-refractivity contribution is 0.457. The Hall–Kier alpha value is -1.32. The third kappa shape index (κ3) is 1.66. The fraction of sp³-hybridized carbons (Fsp3) is 0.538. The van der Waals surface area contributed by atoms with E-state index in [0.717, 1.165) is 6.07 Å². The fourth-order valence-corrected chi connectivity index (χ4v) is 2.42. The van der Waals surface area contributed by atoms with Gasteiger partial charge in [-0.05, 0) is 16.9 Å². The van der Waals surface area contributed by atoms with Crippen molar-refractivity contribution in [1.29, 1.82) is 0 Å². The van der Waals surface area contributed by atoms with Gasteiger partial charge in [-0.25, -0.2) is 8.78 Å². The lowest BCUT2D eigenvalue weighted by Crippen LogP contribution is -2.12. The number of nitrogens with two attached hydrogens (primary N) is 1. The smallest absolute Gasteiger partial charge is 0.151 e. The molecule has 1 aliphatic carbocycles. The zero-order chi connectivity index (χ0) is 13.0. The second kappa shape index (κ2) is 3.34. The standard InChI is InChI=1S/C13H18F2N2/c1-12(2)11(13(12,3)4)17-9-6-7(14)5-8(15)10(9)16/h5-6,11,17H,16H2,1-4H3. The van der Waals surface area contributed by atoms with E-state index in [2.05, 4.69) is 33.0 Å². The summed E-state index contributed by atoms with van der Waals surface area (Å²) < 4.78 is 26.4. The van der Waals surface area contributed by atoms with Crippen LogP contribution in [0.15, 0.2) is 12.1 Å². The van der Waals surface area contributed by atoms with Crippen molar-refractivity contribution >= 4 is 11.4 Å². The van der Waals surface area contributed by atoms with Crippen LogP contribution in [0.4, 0.5) is 20.2 Å². The highest BCUT2D eigenvalue weighted by molar-refractivity contribution is 5.68. The first kappa shape index (κ1) is 12.1. The Balaban J connectivity index is 2.27. The first-order chi connectivity index (χ1) is 7.68. The van der Waals surface area contributed by atoms with Crippen molar-refractivity contribution < 1.29 is 8.78 Å². The molecular weight excluding hydrogens is 222 g/mol. The number of benzene rings is 1. The number of nitrogen functional groups attached to an aromatic ring is 1. The predicted octanol–water partition coefficient (Wildman–Crippen LogP) is 3.39. The molecule has 2 nitrogen and oxygen atoms in total. The van der Waals surface area contributed by atoms with E-state index in [1.807, 2.05) is 0 Å². The number of halogens is 2. The average Bonchev–Trinajstić information content (AvgIpc) is 2.56. The summed E-state index contributed by atoms with van der Waals surface area (Å²) in [4.78, 5) is 0. The Morgan fingerprint density at radius 2 is 1.65 bits per heavy atom. The summed E-state index contributed by atoms with van der Waals surface area (Å²) in [5.41, 5.74) is 6.09. The van der Waals surface area contributed by atoms with Gasteiger partial charge in [-0.3, -0.25) is 0 Å². The molecule has 0 atom stereocenters. The van der Waals surface area contributed by atoms with Crippen molar-refractivity contribution in [3.05, 3.63) is 23.8 Å². The highest BCUT2D eigenvalue weighted by atomic mass is 19.1. The normalized spacial score (nSPS) is 21.3. The molecule has 0 amide bonds. The molecule has 0 spiro atoms. The molecule has 4 heteroatoms. The van der Waals surface area contributed by atoms with Gasteiger partial charge in [0, 0.05) is 12.1 Å². The van der Waals surface area contributed by atoms with Crippen LogP contribution in [-0.4, -0.2) is 6.04 Å². The molecule has 94 valence electrons. The van der Waals surface area contributed by atoms with Gasteiger partial charge in [0.25, 0.3) is 0 Å². The minimum atomic E-state index is -0.719. The second-order valence-electron chi connectivity index (χ2n) is 5.87. The van der Waals surface area contributed by atoms with Gasteiger partial charge in [0.2, 0.25) is 0 Å². The Morgan fingerprint density at radius 3 is 2.12 bits per heavy atom. The topological polar surface area (TPSA) is 38.0 Å². The van der Waals surface area contributed by atoms with E-state index in [1.54, 1.807) is 0 Å². The zero-order valence-corrected chi connectivity index (χ0v) is 10.6. The molecule has 1 saturated carbocycles. The Bertz CT molecular complexity index is 453. The number of nitrogens with one attached hydrogen (secondary N) is 1. The van der Waals surface area contributed by atoms with Crippen LogP contribution in [0, 0.1) is 22.5 Å². The predicted molar refractivity (Wildman–Crippen MR) is 65.7 cm³/mol. The van der Waals surface area contributed by atoms with Gasteiger partial charge in [-0.15, -0.1) is 0 Å². The molecule has 0 saturated heterocycles. The molecule has 0 bridgehead atoms. The Kier molecular flexibility index (Phi) is 2.39. The maximum atomic E-state index is 13.3. The van der Waals surface area contributed by atoms with Crippen molar-refractivity contribution in [3.63, 3.8) is 0 Å². The van der Waals surface area contributed by atoms with Crippen LogP contribution in [0.5, 0.6) is 0 Å². The quantitative estimate of drug-likeness (QED) is 0.777. The van der Waals surface area contributed by atoms with Crippen molar-refractivity contribution in [2.24, 2.45) is 10.8 Å². The summed E-state index contributed by atoms with van der Waals surface area (Å²) in [5.74, 6) is -1.33. The van der Waals surface area contributed by atoms with E-state index < -0.39 is 11.6 Å². The summed E-state index contributed by atoms with van der Waals surface area (Å²) in [6.45, 7) is 8.49. The second-order valence-corrected chi connectivity index (χ2v) is 5.87. The highest BCUT2D eigenvalue weighted by Crippen LogP contribution is 2.63. The molecule has 1 aliphatic rings. The van der Waals surface area contributed by atoms with Gasteiger partial charge in [0.05, 0.1) is 11.4 Å². The molecule has 1 fully saturated rings. The Morgan fingerprint density at radius 1 is 1.12 bits per heavy atom. The van der Waals surface area contributed by atoms with Gasteiger partial charge in [0.15, 0.2) is 5.82 Å². The van der Waals surface area contributed by atoms with Gasteiger partial charge >= 0.3 is 0 Å². The molecule has 3 N–H and O–H groups in total. The van der Waals surface area contributed by atoms with E-state index in [-0.39, 0.29) is 22.6 Å². The summed E-state index contributed by atoms with van der Waals surface area (Å²) in [6, 6.07) is 2.20. The lowest BCUT2D eigenvalue weighted by atomic mass is 10.0. The SMILES string of the molecule is CC1(C)C(Nc2cc(F)cc(F)c2N)C1(C)C. The summed E-state index contributed by atoms with van der Waals surface area (Å²) >= 11 is 0. The lowest BCUT2D eigenvalue weighted by Gasteiger charge is -2.11. The summed E-state index contributed by atoms with van der Waals surface area (Å²) in [7, 11) is 0. The number of rotatable bonds is 2. The van der Waals surface area contributed by atoms with Crippen molar-refractivity contribution in [2.45, 2.75) is 33.7 Å². The van der Waals surface area contributed by atoms with Gasteiger partial charge in [-0.1, -0.05) is 27.7 Å². The van der Waals surface area contributed by atoms with Crippen molar-refractivity contribution in [1.82, 2.24) is 0 Å². The van der Waals surface area contributed by atoms with Gasteiger partial charge in [-0.2, -0.15) is 0 Å². The van der Waals surface area contributed by atoms with Crippen molar-refractivity contribution in [3.8, 4) is 0 Å². The van der Waals surface area contributed by atoms with Crippen LogP contribution in [0.2, 0.25) is 0 Å². The van der Waals surface area contributed by atoms with E-state index in [1.165, 1.54) is 6.07 Å². The zero-order valence-electron chi connectivity index (χ0n) is 10.6. The van der Waals surface area contributed by atoms with Crippen LogP contribution < -0.4 is 11.1 Å². The number of anilines is 2. The largest absolute Gasteiger partial charge is 0.395 e. The highest BCUT2D eigenvalue weighted by Gasteiger charge is 2.65. The molecule has 1 aromatic rings. The maximum Gasteiger partial charge on any atom is 0.151 e. The molecule has 0 heterocycles. The molecule has 0 aliphatic heterocycles. The van der Waals surface area contributed by atoms with E-state index in [0.29, 0.717) is 5.69 Å². The van der Waals surface area contributed by atoms with E-state index >= 15 is 0 Å². The molecule has 0 aromatic heterocycles. The van der Waals surface area contributed by atoms with E-state index in [9.17, 15) is 8.78 Å². The average molecular weight is 240 g/mol. The maximum absolute atomic E-state index is 13.3. The van der Waals surface area contributed by atoms with Crippen LogP contribution in [0.25, 0.3) is 0 Å². The van der Waals surface area contributed by atoms with Crippen LogP contribution in [0.1, 0.15) is 27.7 Å². The minimum absolute atomic E-state index is 0.0232. The first-order valence-corrected chi connectivity index (χ1v) is 5.69. The van der Waals surface area contributed by atoms with Crippen LogP contribution >= 0.6 is 0 Å². The third-order valence-corrected chi connectivity index (χ3v) is 4.41. The molecule has 2 rings (SSSR count). The minimum Gasteiger partial charge on any atom is -0.395 e. The van der Waals surface area contributed by atoms with Gasteiger partial charge < -0.3 is 11.1 Å². The monoisotopic (exact) mass is 240 g/mol. The number of hydrogen-bond acceptors (Lipinski definition) is 2.